The Bertz CT molecular complexity index is 856. The Morgan fingerprint density at radius 2 is 2.14 bits per heavy atom. The molecule has 0 aliphatic rings. The van der Waals surface area contributed by atoms with Gasteiger partial charge >= 0.3 is 0 Å². The Balaban J connectivity index is 1.92. The van der Waals surface area contributed by atoms with E-state index in [1.165, 1.54) is 18.2 Å². The molecule has 0 amide bonds. The van der Waals surface area contributed by atoms with Gasteiger partial charge in [0.15, 0.2) is 0 Å². The molecule has 1 heterocycles. The Morgan fingerprint density at radius 1 is 1.29 bits per heavy atom. The second-order valence-electron chi connectivity index (χ2n) is 4.33. The van der Waals surface area contributed by atoms with E-state index in [2.05, 4.69) is 14.1 Å². The molecule has 1 aromatic heterocycles. The predicted octanol–water partition coefficient (Wildman–Crippen LogP) is 3.97. The molecule has 0 unspecified atom stereocenters. The third-order valence-electron chi connectivity index (χ3n) is 3.01. The zero-order valence-corrected chi connectivity index (χ0v) is 12.2. The van der Waals surface area contributed by atoms with Crippen LogP contribution >= 0.6 is 23.3 Å². The quantitative estimate of drug-likeness (QED) is 0.793. The van der Waals surface area contributed by atoms with Crippen molar-refractivity contribution >= 4 is 40.0 Å². The molecule has 0 saturated carbocycles. The number of benzene rings is 2. The first kappa shape index (κ1) is 13.7. The van der Waals surface area contributed by atoms with Crippen LogP contribution < -0.4 is 5.32 Å². The van der Waals surface area contributed by atoms with Crippen molar-refractivity contribution in [3.63, 3.8) is 0 Å². The van der Waals surface area contributed by atoms with Crippen LogP contribution in [0.5, 0.6) is 0 Å². The Labute approximate surface area is 129 Å². The molecule has 0 atom stereocenters. The summed E-state index contributed by atoms with van der Waals surface area (Å²) >= 11 is 7.24. The van der Waals surface area contributed by atoms with E-state index in [9.17, 15) is 4.39 Å². The number of fused-ring (bicyclic) bond motifs is 1. The van der Waals surface area contributed by atoms with Crippen molar-refractivity contribution in [1.82, 2.24) is 8.75 Å². The van der Waals surface area contributed by atoms with E-state index in [1.807, 2.05) is 6.07 Å². The van der Waals surface area contributed by atoms with Gasteiger partial charge in [-0.2, -0.15) is 14.0 Å². The zero-order valence-electron chi connectivity index (χ0n) is 10.6. The molecule has 0 bridgehead atoms. The number of rotatable bonds is 3. The first-order valence-electron chi connectivity index (χ1n) is 6.02. The smallest absolute Gasteiger partial charge is 0.129 e. The van der Waals surface area contributed by atoms with Gasteiger partial charge in [-0.1, -0.05) is 11.6 Å². The van der Waals surface area contributed by atoms with Gasteiger partial charge in [-0.3, -0.25) is 0 Å². The van der Waals surface area contributed by atoms with Gasteiger partial charge in [0, 0.05) is 12.1 Å². The van der Waals surface area contributed by atoms with Crippen LogP contribution in [0.3, 0.4) is 0 Å². The first-order chi connectivity index (χ1) is 10.2. The normalized spacial score (nSPS) is 10.5. The average Bonchev–Trinajstić information content (AvgIpc) is 2.96. The van der Waals surface area contributed by atoms with Crippen molar-refractivity contribution in [2.45, 2.75) is 6.54 Å². The molecule has 2 aromatic carbocycles. The maximum atomic E-state index is 13.8. The maximum absolute atomic E-state index is 13.8. The van der Waals surface area contributed by atoms with Crippen molar-refractivity contribution in [3.05, 3.63) is 52.3 Å². The molecule has 3 rings (SSSR count). The number of nitriles is 1. The topological polar surface area (TPSA) is 61.6 Å². The summed E-state index contributed by atoms with van der Waals surface area (Å²) in [5.41, 5.74) is 2.81. The molecule has 7 heteroatoms. The standard InChI is InChI=1S/C14H8ClFN4S/c15-10-2-4-12-14(20-21-19-12)13(10)18-7-9-5-8(6-17)1-3-11(9)16/h1-5,18H,7H2. The third kappa shape index (κ3) is 2.66. The van der Waals surface area contributed by atoms with E-state index < -0.39 is 0 Å². The molecule has 21 heavy (non-hydrogen) atoms. The highest BCUT2D eigenvalue weighted by atomic mass is 35.5. The highest BCUT2D eigenvalue weighted by molar-refractivity contribution is 7.00. The van der Waals surface area contributed by atoms with Crippen LogP contribution in [0.15, 0.2) is 30.3 Å². The predicted molar refractivity (Wildman–Crippen MR) is 80.9 cm³/mol. The Hall–Kier alpha value is -2.23. The summed E-state index contributed by atoms with van der Waals surface area (Å²) in [6.45, 7) is 0.206. The fourth-order valence-electron chi connectivity index (χ4n) is 1.96. The van der Waals surface area contributed by atoms with Crippen LogP contribution in [0.4, 0.5) is 10.1 Å². The number of hydrogen-bond acceptors (Lipinski definition) is 5. The fourth-order valence-corrected chi connectivity index (χ4v) is 2.72. The van der Waals surface area contributed by atoms with E-state index in [0.717, 1.165) is 17.2 Å². The molecule has 0 radical (unpaired) electrons. The summed E-state index contributed by atoms with van der Waals surface area (Å²) in [5.74, 6) is -0.374. The summed E-state index contributed by atoms with van der Waals surface area (Å²) in [6, 6.07) is 9.72. The Kier molecular flexibility index (Phi) is 3.69. The molecular formula is C14H8ClFN4S. The molecule has 104 valence electrons. The summed E-state index contributed by atoms with van der Waals surface area (Å²) < 4.78 is 22.1. The van der Waals surface area contributed by atoms with Gasteiger partial charge in [0.25, 0.3) is 0 Å². The molecular weight excluding hydrogens is 311 g/mol. The number of halogens is 2. The van der Waals surface area contributed by atoms with Gasteiger partial charge in [0.2, 0.25) is 0 Å². The lowest BCUT2D eigenvalue weighted by Crippen LogP contribution is -2.03. The minimum absolute atomic E-state index is 0.206. The van der Waals surface area contributed by atoms with Gasteiger partial charge in [-0.05, 0) is 30.3 Å². The van der Waals surface area contributed by atoms with Gasteiger partial charge in [0.1, 0.15) is 16.9 Å². The van der Waals surface area contributed by atoms with Crippen molar-refractivity contribution in [2.24, 2.45) is 0 Å². The first-order valence-corrected chi connectivity index (χ1v) is 7.13. The van der Waals surface area contributed by atoms with Crippen LogP contribution in [-0.2, 0) is 6.54 Å². The lowest BCUT2D eigenvalue weighted by molar-refractivity contribution is 0.613. The monoisotopic (exact) mass is 318 g/mol. The third-order valence-corrected chi connectivity index (χ3v) is 3.87. The SMILES string of the molecule is N#Cc1ccc(F)c(CNc2c(Cl)ccc3nsnc23)c1. The lowest BCUT2D eigenvalue weighted by atomic mass is 10.1. The average molecular weight is 319 g/mol. The number of aromatic nitrogens is 2. The summed E-state index contributed by atoms with van der Waals surface area (Å²) in [6.07, 6.45) is 0. The molecule has 3 aromatic rings. The molecule has 0 aliphatic heterocycles. The maximum Gasteiger partial charge on any atom is 0.129 e. The second-order valence-corrected chi connectivity index (χ2v) is 5.26. The highest BCUT2D eigenvalue weighted by Gasteiger charge is 2.11. The summed E-state index contributed by atoms with van der Waals surface area (Å²) in [7, 11) is 0. The van der Waals surface area contributed by atoms with Gasteiger partial charge in [0.05, 0.1) is 34.1 Å². The minimum atomic E-state index is -0.374. The molecule has 0 fully saturated rings. The van der Waals surface area contributed by atoms with Crippen molar-refractivity contribution < 1.29 is 4.39 Å². The van der Waals surface area contributed by atoms with E-state index in [1.54, 1.807) is 12.1 Å². The number of anilines is 1. The fraction of sp³-hybridized carbons (Fsp3) is 0.0714. The van der Waals surface area contributed by atoms with Crippen molar-refractivity contribution in [2.75, 3.05) is 5.32 Å². The second kappa shape index (κ2) is 5.64. The van der Waals surface area contributed by atoms with Gasteiger partial charge < -0.3 is 5.32 Å². The van der Waals surface area contributed by atoms with Crippen molar-refractivity contribution in [3.8, 4) is 6.07 Å². The molecule has 0 saturated heterocycles. The van der Waals surface area contributed by atoms with E-state index in [4.69, 9.17) is 16.9 Å². The van der Waals surface area contributed by atoms with E-state index in [-0.39, 0.29) is 12.4 Å². The minimum Gasteiger partial charge on any atom is -0.378 e. The molecule has 0 spiro atoms. The van der Waals surface area contributed by atoms with E-state index in [0.29, 0.717) is 27.4 Å². The largest absolute Gasteiger partial charge is 0.378 e. The number of hydrogen-bond donors (Lipinski definition) is 1. The van der Waals surface area contributed by atoms with E-state index >= 15 is 0 Å². The summed E-state index contributed by atoms with van der Waals surface area (Å²) in [4.78, 5) is 0. The van der Waals surface area contributed by atoms with Crippen LogP contribution in [0.1, 0.15) is 11.1 Å². The molecule has 1 N–H and O–H groups in total. The number of nitrogens with zero attached hydrogens (tertiary/aromatic N) is 3. The zero-order chi connectivity index (χ0) is 14.8. The van der Waals surface area contributed by atoms with Crippen LogP contribution in [0.2, 0.25) is 5.02 Å². The summed E-state index contributed by atoms with van der Waals surface area (Å²) in [5, 5.41) is 12.4. The van der Waals surface area contributed by atoms with Crippen molar-refractivity contribution in [1.29, 1.82) is 5.26 Å². The molecule has 4 nitrogen and oxygen atoms in total. The highest BCUT2D eigenvalue weighted by Crippen LogP contribution is 2.30. The van der Waals surface area contributed by atoms with Gasteiger partial charge in [-0.25, -0.2) is 4.39 Å². The lowest BCUT2D eigenvalue weighted by Gasteiger charge is -2.09. The number of nitrogens with one attached hydrogen (secondary N) is 1. The van der Waals surface area contributed by atoms with Gasteiger partial charge in [-0.15, -0.1) is 0 Å². The van der Waals surface area contributed by atoms with Crippen LogP contribution in [-0.4, -0.2) is 8.75 Å². The van der Waals surface area contributed by atoms with Crippen LogP contribution in [0, 0.1) is 17.1 Å². The Morgan fingerprint density at radius 3 is 2.95 bits per heavy atom. The molecule has 0 aliphatic carbocycles. The van der Waals surface area contributed by atoms with Crippen LogP contribution in [0.25, 0.3) is 11.0 Å².